The molecule has 0 N–H and O–H groups in total. The van der Waals surface area contributed by atoms with E-state index in [0.717, 1.165) is 12.8 Å². The molecule has 0 aromatic heterocycles. The van der Waals surface area contributed by atoms with Gasteiger partial charge in [-0.15, -0.1) is 0 Å². The van der Waals surface area contributed by atoms with Crippen molar-refractivity contribution >= 4 is 5.97 Å². The molecule has 0 aliphatic carbocycles. The number of halogens is 1. The number of hydrogen-bond donors (Lipinski definition) is 0. The van der Waals surface area contributed by atoms with Crippen LogP contribution in [0.1, 0.15) is 84.0 Å². The van der Waals surface area contributed by atoms with Crippen molar-refractivity contribution in [2.45, 2.75) is 84.0 Å². The Morgan fingerprint density at radius 1 is 0.778 bits per heavy atom. The number of carbonyl (C=O) groups is 1. The van der Waals surface area contributed by atoms with Crippen molar-refractivity contribution in [3.05, 3.63) is 0 Å². The van der Waals surface area contributed by atoms with Gasteiger partial charge >= 0.3 is 17.4 Å². The monoisotopic (exact) mass is 314 g/mol. The van der Waals surface area contributed by atoms with Crippen LogP contribution in [0.4, 0.5) is 0 Å². The van der Waals surface area contributed by atoms with Crippen LogP contribution >= 0.6 is 0 Å². The van der Waals surface area contributed by atoms with Crippen LogP contribution in [-0.4, -0.2) is 5.97 Å². The summed E-state index contributed by atoms with van der Waals surface area (Å²) in [5, 5.41) is 10.1. The molecule has 0 bridgehead atoms. The average molecular weight is 315 g/mol. The molecule has 0 radical (unpaired) electrons. The first-order valence-corrected chi connectivity index (χ1v) is 6.97. The van der Waals surface area contributed by atoms with Crippen LogP contribution in [0, 0.1) is 0 Å². The summed E-state index contributed by atoms with van der Waals surface area (Å²) in [5.41, 5.74) is 0. The number of aliphatic carboxylic acids is 1. The summed E-state index contributed by atoms with van der Waals surface area (Å²) in [5.74, 6) is -0.907. The number of carbonyl (C=O) groups excluding carboxylic acids is 1. The first-order chi connectivity index (χ1) is 7.77. The summed E-state index contributed by atoms with van der Waals surface area (Å²) in [6.07, 6.45) is 14.0. The zero-order valence-electron chi connectivity index (χ0n) is 11.6. The number of rotatable bonds is 12. The molecular weight excluding hydrogens is 288 g/mol. The Bertz CT molecular complexity index is 166. The normalized spacial score (nSPS) is 9.39. The molecule has 0 unspecified atom stereocenters. The largest absolute Gasteiger partial charge is 2.00 e. The van der Waals surface area contributed by atoms with Gasteiger partial charge in [-0.25, -0.2) is 0 Å². The minimum atomic E-state index is -0.907. The molecule has 18 heavy (non-hydrogen) atoms. The Balaban J connectivity index is -0.00000112. The van der Waals surface area contributed by atoms with Crippen molar-refractivity contribution in [2.24, 2.45) is 0 Å². The van der Waals surface area contributed by atoms with E-state index in [-0.39, 0.29) is 36.2 Å². The van der Waals surface area contributed by atoms with Crippen LogP contribution in [0.3, 0.4) is 0 Å². The molecule has 0 aromatic carbocycles. The molecule has 0 fully saturated rings. The van der Waals surface area contributed by atoms with E-state index in [1.54, 1.807) is 0 Å². The summed E-state index contributed by atoms with van der Waals surface area (Å²) in [7, 11) is 0. The predicted octanol–water partition coefficient (Wildman–Crippen LogP) is 0.439. The van der Waals surface area contributed by atoms with Gasteiger partial charge in [0.1, 0.15) is 0 Å². The molecular formula is C14H27ClCrO2. The smallest absolute Gasteiger partial charge is 1.00 e. The molecule has 4 heteroatoms. The van der Waals surface area contributed by atoms with Gasteiger partial charge in [0.15, 0.2) is 0 Å². The summed E-state index contributed by atoms with van der Waals surface area (Å²) >= 11 is 0. The molecule has 108 valence electrons. The number of carboxylic acids is 1. The van der Waals surface area contributed by atoms with Gasteiger partial charge in [0, 0.05) is 5.97 Å². The number of unbranched alkanes of at least 4 members (excludes halogenated alkanes) is 10. The van der Waals surface area contributed by atoms with Gasteiger partial charge in [-0.2, -0.15) is 0 Å². The van der Waals surface area contributed by atoms with E-state index in [1.165, 1.54) is 57.8 Å². The molecule has 2 nitrogen and oxygen atoms in total. The quantitative estimate of drug-likeness (QED) is 0.490. The predicted molar refractivity (Wildman–Crippen MR) is 66.1 cm³/mol. The Morgan fingerprint density at radius 3 is 1.44 bits per heavy atom. The van der Waals surface area contributed by atoms with Crippen LogP contribution < -0.4 is 17.5 Å². The Hall–Kier alpha value is 0.292. The molecule has 0 aromatic rings. The molecule has 0 aliphatic heterocycles. The maximum atomic E-state index is 10.1. The van der Waals surface area contributed by atoms with Crippen LogP contribution in [0.15, 0.2) is 0 Å². The van der Waals surface area contributed by atoms with Gasteiger partial charge in [-0.05, 0) is 12.8 Å². The van der Waals surface area contributed by atoms with E-state index in [4.69, 9.17) is 0 Å². The molecule has 0 amide bonds. The van der Waals surface area contributed by atoms with Crippen molar-refractivity contribution in [3.8, 4) is 0 Å². The zero-order valence-corrected chi connectivity index (χ0v) is 13.6. The van der Waals surface area contributed by atoms with Crippen molar-refractivity contribution < 1.29 is 39.7 Å². The van der Waals surface area contributed by atoms with E-state index in [2.05, 4.69) is 6.92 Å². The molecule has 0 rings (SSSR count). The Labute approximate surface area is 129 Å². The second-order valence-corrected chi connectivity index (χ2v) is 4.66. The maximum Gasteiger partial charge on any atom is 2.00 e. The van der Waals surface area contributed by atoms with Gasteiger partial charge in [0.05, 0.1) is 0 Å². The van der Waals surface area contributed by atoms with Crippen LogP contribution in [0.2, 0.25) is 0 Å². The van der Waals surface area contributed by atoms with Crippen LogP contribution in [0.25, 0.3) is 0 Å². The van der Waals surface area contributed by atoms with Crippen molar-refractivity contribution in [2.75, 3.05) is 0 Å². The fourth-order valence-electron chi connectivity index (χ4n) is 1.93. The second kappa shape index (κ2) is 19.6. The standard InChI is InChI=1S/C14H28O2.ClH.Cr/c1-2-3-4-5-6-7-8-9-10-11-12-13-14(15)16;;/h2-13H2,1H3,(H,15,16);1H;/q;;+2/p-2. The molecule has 0 atom stereocenters. The first-order valence-electron chi connectivity index (χ1n) is 6.97. The summed E-state index contributed by atoms with van der Waals surface area (Å²) in [6.45, 7) is 2.24. The van der Waals surface area contributed by atoms with Gasteiger partial charge in [0.2, 0.25) is 0 Å². The third kappa shape index (κ3) is 21.6. The fourth-order valence-corrected chi connectivity index (χ4v) is 1.93. The van der Waals surface area contributed by atoms with Gasteiger partial charge in [-0.3, -0.25) is 0 Å². The number of hydrogen-bond acceptors (Lipinski definition) is 2. The Morgan fingerprint density at radius 2 is 1.11 bits per heavy atom. The summed E-state index contributed by atoms with van der Waals surface area (Å²) in [4.78, 5) is 10.1. The van der Waals surface area contributed by atoms with Crippen LogP contribution in [-0.2, 0) is 22.2 Å². The molecule has 0 spiro atoms. The van der Waals surface area contributed by atoms with Crippen molar-refractivity contribution in [3.63, 3.8) is 0 Å². The topological polar surface area (TPSA) is 40.1 Å². The number of carboxylic acid groups (broad SMARTS) is 1. The summed E-state index contributed by atoms with van der Waals surface area (Å²) in [6, 6.07) is 0. The van der Waals surface area contributed by atoms with Gasteiger partial charge in [0.25, 0.3) is 0 Å². The molecule has 0 heterocycles. The van der Waals surface area contributed by atoms with Crippen molar-refractivity contribution in [1.29, 1.82) is 0 Å². The van der Waals surface area contributed by atoms with E-state index in [0.29, 0.717) is 0 Å². The van der Waals surface area contributed by atoms with E-state index < -0.39 is 5.97 Å². The molecule has 0 saturated carbocycles. The van der Waals surface area contributed by atoms with Crippen LogP contribution in [0.5, 0.6) is 0 Å². The fraction of sp³-hybridized carbons (Fsp3) is 0.929. The average Bonchev–Trinajstić information content (AvgIpc) is 2.25. The third-order valence-corrected chi connectivity index (χ3v) is 2.98. The first kappa shape index (κ1) is 23.4. The second-order valence-electron chi connectivity index (χ2n) is 4.66. The van der Waals surface area contributed by atoms with E-state index >= 15 is 0 Å². The molecule has 0 aliphatic rings. The minimum absolute atomic E-state index is 0. The summed E-state index contributed by atoms with van der Waals surface area (Å²) < 4.78 is 0. The maximum absolute atomic E-state index is 10.1. The third-order valence-electron chi connectivity index (χ3n) is 2.98. The van der Waals surface area contributed by atoms with Gasteiger partial charge < -0.3 is 22.3 Å². The minimum Gasteiger partial charge on any atom is -1.00 e. The van der Waals surface area contributed by atoms with E-state index in [9.17, 15) is 9.90 Å². The zero-order chi connectivity index (χ0) is 12.1. The van der Waals surface area contributed by atoms with Gasteiger partial charge in [-0.1, -0.05) is 71.1 Å². The van der Waals surface area contributed by atoms with E-state index in [1.807, 2.05) is 0 Å². The van der Waals surface area contributed by atoms with Crippen molar-refractivity contribution in [1.82, 2.24) is 0 Å². The Kier molecular flexibility index (Phi) is 25.5. The SMILES string of the molecule is CCCCCCCCCCCCCC(=O)[O-].[Cl-].[Cr+2]. The molecule has 0 saturated heterocycles.